The van der Waals surface area contributed by atoms with E-state index in [0.29, 0.717) is 11.6 Å². The molecule has 1 aromatic heterocycles. The van der Waals surface area contributed by atoms with Crippen LogP contribution in [-0.4, -0.2) is 35.0 Å². The van der Waals surface area contributed by atoms with E-state index in [4.69, 9.17) is 9.15 Å². The number of ether oxygens (including phenoxy) is 1. The van der Waals surface area contributed by atoms with Crippen LogP contribution in [0, 0.1) is 12.3 Å². The normalized spacial score (nSPS) is 24.4. The molecule has 2 N–H and O–H groups in total. The Bertz CT molecular complexity index is 773. The lowest BCUT2D eigenvalue weighted by Crippen LogP contribution is -2.68. The summed E-state index contributed by atoms with van der Waals surface area (Å²) in [5.41, 5.74) is 2.06. The molecule has 0 saturated heterocycles. The van der Waals surface area contributed by atoms with Gasteiger partial charge in [-0.3, -0.25) is 0 Å². The molecule has 1 aromatic carbocycles. The number of anilines is 1. The SMILES string of the molecule is CO[C@]1(C)C[C@H](NC(=O)Nc2cc(-c3nnco3)ccc2C)C1(C)C. The summed E-state index contributed by atoms with van der Waals surface area (Å²) in [6, 6.07) is 5.43. The number of benzene rings is 1. The van der Waals surface area contributed by atoms with E-state index in [1.54, 1.807) is 7.11 Å². The van der Waals surface area contributed by atoms with Gasteiger partial charge in [0.05, 0.1) is 5.60 Å². The van der Waals surface area contributed by atoms with Gasteiger partial charge in [0, 0.05) is 29.8 Å². The molecule has 134 valence electrons. The van der Waals surface area contributed by atoms with Gasteiger partial charge in [0.15, 0.2) is 0 Å². The monoisotopic (exact) mass is 344 g/mol. The lowest BCUT2D eigenvalue weighted by molar-refractivity contribution is -0.177. The molecule has 2 aromatic rings. The summed E-state index contributed by atoms with van der Waals surface area (Å²) in [7, 11) is 1.71. The first-order valence-electron chi connectivity index (χ1n) is 8.27. The smallest absolute Gasteiger partial charge is 0.319 e. The van der Waals surface area contributed by atoms with Gasteiger partial charge in [-0.1, -0.05) is 19.9 Å². The van der Waals surface area contributed by atoms with Crippen molar-refractivity contribution in [3.05, 3.63) is 30.2 Å². The number of hydrogen-bond acceptors (Lipinski definition) is 5. The van der Waals surface area contributed by atoms with Crippen molar-refractivity contribution in [1.29, 1.82) is 0 Å². The van der Waals surface area contributed by atoms with Crippen molar-refractivity contribution in [2.75, 3.05) is 12.4 Å². The molecule has 1 fully saturated rings. The van der Waals surface area contributed by atoms with Crippen LogP contribution in [0.15, 0.2) is 29.0 Å². The van der Waals surface area contributed by atoms with E-state index in [0.717, 1.165) is 17.5 Å². The summed E-state index contributed by atoms with van der Waals surface area (Å²) in [4.78, 5) is 12.4. The number of aromatic nitrogens is 2. The van der Waals surface area contributed by atoms with E-state index >= 15 is 0 Å². The third-order valence-corrected chi connectivity index (χ3v) is 5.68. The van der Waals surface area contributed by atoms with E-state index in [1.165, 1.54) is 6.39 Å². The number of carbonyl (C=O) groups is 1. The highest BCUT2D eigenvalue weighted by Gasteiger charge is 2.58. The summed E-state index contributed by atoms with van der Waals surface area (Å²) < 4.78 is 10.8. The molecule has 2 amide bonds. The summed E-state index contributed by atoms with van der Waals surface area (Å²) in [5.74, 6) is 0.416. The highest BCUT2D eigenvalue weighted by Crippen LogP contribution is 2.51. The van der Waals surface area contributed by atoms with Crippen LogP contribution in [0.25, 0.3) is 11.5 Å². The second-order valence-electron chi connectivity index (χ2n) is 7.29. The molecule has 0 unspecified atom stereocenters. The van der Waals surface area contributed by atoms with Crippen LogP contribution in [0.1, 0.15) is 32.8 Å². The van der Waals surface area contributed by atoms with Crippen molar-refractivity contribution >= 4 is 11.7 Å². The number of rotatable bonds is 4. The number of hydrogen-bond donors (Lipinski definition) is 2. The number of methoxy groups -OCH3 is 1. The minimum atomic E-state index is -0.234. The molecule has 7 nitrogen and oxygen atoms in total. The zero-order valence-electron chi connectivity index (χ0n) is 15.2. The van der Waals surface area contributed by atoms with Crippen LogP contribution >= 0.6 is 0 Å². The Labute approximate surface area is 147 Å². The Morgan fingerprint density at radius 2 is 2.12 bits per heavy atom. The summed E-state index contributed by atoms with van der Waals surface area (Å²) in [6.07, 6.45) is 2.06. The Morgan fingerprint density at radius 1 is 1.36 bits per heavy atom. The van der Waals surface area contributed by atoms with Crippen LogP contribution in [0.4, 0.5) is 10.5 Å². The molecule has 1 aliphatic rings. The molecule has 0 bridgehead atoms. The Morgan fingerprint density at radius 3 is 2.72 bits per heavy atom. The summed E-state index contributed by atoms with van der Waals surface area (Å²) in [5, 5.41) is 13.5. The topological polar surface area (TPSA) is 89.3 Å². The first-order chi connectivity index (χ1) is 11.8. The number of carbonyl (C=O) groups excluding carboxylic acids is 1. The number of nitrogens with zero attached hydrogens (tertiary/aromatic N) is 2. The van der Waals surface area contributed by atoms with Crippen LogP contribution in [0.5, 0.6) is 0 Å². The summed E-state index contributed by atoms with van der Waals surface area (Å²) in [6.45, 7) is 8.21. The second-order valence-corrected chi connectivity index (χ2v) is 7.29. The van der Waals surface area contributed by atoms with Crippen molar-refractivity contribution in [3.63, 3.8) is 0 Å². The Hall–Kier alpha value is -2.41. The molecular weight excluding hydrogens is 320 g/mol. The molecule has 0 spiro atoms. The quantitative estimate of drug-likeness (QED) is 0.887. The number of aryl methyl sites for hydroxylation is 1. The van der Waals surface area contributed by atoms with Gasteiger partial charge in [0.2, 0.25) is 12.3 Å². The highest BCUT2D eigenvalue weighted by atomic mass is 16.5. The predicted molar refractivity (Wildman–Crippen MR) is 94.2 cm³/mol. The predicted octanol–water partition coefficient (Wildman–Crippen LogP) is 3.37. The first kappa shape index (κ1) is 17.4. The third kappa shape index (κ3) is 3.00. The molecular formula is C18H24N4O3. The van der Waals surface area contributed by atoms with Gasteiger partial charge >= 0.3 is 6.03 Å². The van der Waals surface area contributed by atoms with Crippen molar-refractivity contribution in [1.82, 2.24) is 15.5 Å². The molecule has 25 heavy (non-hydrogen) atoms. The molecule has 1 aliphatic carbocycles. The van der Waals surface area contributed by atoms with E-state index < -0.39 is 0 Å². The number of nitrogens with one attached hydrogen (secondary N) is 2. The van der Waals surface area contributed by atoms with Gasteiger partial charge in [0.25, 0.3) is 0 Å². The van der Waals surface area contributed by atoms with Gasteiger partial charge in [-0.15, -0.1) is 10.2 Å². The Balaban J connectivity index is 1.69. The largest absolute Gasteiger partial charge is 0.423 e. The zero-order valence-corrected chi connectivity index (χ0v) is 15.2. The van der Waals surface area contributed by atoms with Gasteiger partial charge in [0.1, 0.15) is 0 Å². The average Bonchev–Trinajstić information content (AvgIpc) is 3.10. The van der Waals surface area contributed by atoms with Gasteiger partial charge in [-0.25, -0.2) is 4.79 Å². The van der Waals surface area contributed by atoms with E-state index in [-0.39, 0.29) is 23.1 Å². The van der Waals surface area contributed by atoms with Crippen LogP contribution < -0.4 is 10.6 Å². The standard InChI is InChI=1S/C18H24N4O3/c1-11-6-7-12(15-22-19-10-25-15)8-13(11)20-16(23)21-14-9-18(4,24-5)17(14,2)3/h6-8,10,14H,9H2,1-5H3,(H2,20,21,23)/t14-,18+/m0/s1. The average molecular weight is 344 g/mol. The maximum atomic E-state index is 12.4. The lowest BCUT2D eigenvalue weighted by Gasteiger charge is -2.59. The van der Waals surface area contributed by atoms with Crippen molar-refractivity contribution in [2.24, 2.45) is 5.41 Å². The van der Waals surface area contributed by atoms with E-state index in [2.05, 4.69) is 41.6 Å². The van der Waals surface area contributed by atoms with Crippen LogP contribution in [0.3, 0.4) is 0 Å². The fourth-order valence-electron chi connectivity index (χ4n) is 3.23. The molecule has 1 saturated carbocycles. The van der Waals surface area contributed by atoms with Crippen molar-refractivity contribution in [2.45, 2.75) is 45.8 Å². The van der Waals surface area contributed by atoms with Crippen molar-refractivity contribution < 1.29 is 13.9 Å². The van der Waals surface area contributed by atoms with E-state index in [9.17, 15) is 4.79 Å². The second kappa shape index (κ2) is 6.15. The number of amides is 2. The first-order valence-corrected chi connectivity index (χ1v) is 8.27. The highest BCUT2D eigenvalue weighted by molar-refractivity contribution is 5.91. The fourth-order valence-corrected chi connectivity index (χ4v) is 3.23. The van der Waals surface area contributed by atoms with Gasteiger partial charge in [-0.05, 0) is 38.0 Å². The molecule has 7 heteroatoms. The molecule has 2 atom stereocenters. The minimum Gasteiger partial charge on any atom is -0.423 e. The van der Waals surface area contributed by atoms with Gasteiger partial charge in [-0.2, -0.15) is 0 Å². The lowest BCUT2D eigenvalue weighted by atomic mass is 9.56. The molecule has 3 rings (SSSR count). The molecule has 1 heterocycles. The molecule has 0 radical (unpaired) electrons. The van der Waals surface area contributed by atoms with Crippen molar-refractivity contribution in [3.8, 4) is 11.5 Å². The minimum absolute atomic E-state index is 0.0527. The van der Waals surface area contributed by atoms with Gasteiger partial charge < -0.3 is 19.8 Å². The zero-order chi connectivity index (χ0) is 18.2. The van der Waals surface area contributed by atoms with E-state index in [1.807, 2.05) is 25.1 Å². The maximum Gasteiger partial charge on any atom is 0.319 e. The fraction of sp³-hybridized carbons (Fsp3) is 0.500. The number of urea groups is 1. The third-order valence-electron chi connectivity index (χ3n) is 5.68. The molecule has 0 aliphatic heterocycles. The van der Waals surface area contributed by atoms with Crippen LogP contribution in [-0.2, 0) is 4.74 Å². The maximum absolute atomic E-state index is 12.4. The van der Waals surface area contributed by atoms with Crippen LogP contribution in [0.2, 0.25) is 0 Å². The Kier molecular flexibility index (Phi) is 4.28. The summed E-state index contributed by atoms with van der Waals surface area (Å²) >= 11 is 0.